The van der Waals surface area contributed by atoms with Gasteiger partial charge < -0.3 is 16.2 Å². The summed E-state index contributed by atoms with van der Waals surface area (Å²) >= 11 is 0. The van der Waals surface area contributed by atoms with Gasteiger partial charge in [0.15, 0.2) is 0 Å². The van der Waals surface area contributed by atoms with Gasteiger partial charge in [-0.25, -0.2) is 4.68 Å². The number of nitrogens with zero attached hydrogens (tertiary/aromatic N) is 2. The molecule has 5 nitrogen and oxygen atoms in total. The van der Waals surface area contributed by atoms with Crippen LogP contribution < -0.4 is 11.1 Å². The zero-order valence-corrected chi connectivity index (χ0v) is 9.50. The third-order valence-electron chi connectivity index (χ3n) is 2.45. The molecule has 0 amide bonds. The Morgan fingerprint density at radius 3 is 2.76 bits per heavy atom. The van der Waals surface area contributed by atoms with Crippen LogP contribution in [0.5, 0.6) is 0 Å². The largest absolute Gasteiger partial charge is 0.395 e. The lowest BCUT2D eigenvalue weighted by atomic mass is 10.2. The zero-order valence-electron chi connectivity index (χ0n) is 9.50. The minimum Gasteiger partial charge on any atom is -0.395 e. The second kappa shape index (κ2) is 5.36. The van der Waals surface area contributed by atoms with E-state index in [1.165, 1.54) is 0 Å². The molecule has 1 aromatic carbocycles. The number of hydrogen-bond donors (Lipinski definition) is 3. The summed E-state index contributed by atoms with van der Waals surface area (Å²) in [6.45, 7) is 1.19. The van der Waals surface area contributed by atoms with E-state index < -0.39 is 0 Å². The number of nitrogen functional groups attached to an aromatic ring is 1. The Hall–Kier alpha value is -2.01. The van der Waals surface area contributed by atoms with Crippen molar-refractivity contribution in [2.75, 3.05) is 24.2 Å². The number of aromatic nitrogens is 2. The average Bonchev–Trinajstić information content (AvgIpc) is 2.69. The fraction of sp³-hybridized carbons (Fsp3) is 0.250. The van der Waals surface area contributed by atoms with Crippen molar-refractivity contribution in [3.8, 4) is 0 Å². The first kappa shape index (κ1) is 11.5. The van der Waals surface area contributed by atoms with Crippen LogP contribution in [0, 0.1) is 0 Å². The molecule has 17 heavy (non-hydrogen) atoms. The number of benzene rings is 1. The molecule has 5 heteroatoms. The predicted octanol–water partition coefficient (Wildman–Crippen LogP) is 0.918. The molecule has 1 aromatic heterocycles. The Bertz CT molecular complexity index is 467. The smallest absolute Gasteiger partial charge is 0.148 e. The number of nitrogens with two attached hydrogens (primary N) is 1. The number of hydrogen-bond acceptors (Lipinski definition) is 4. The summed E-state index contributed by atoms with van der Waals surface area (Å²) in [5.41, 5.74) is 7.56. The van der Waals surface area contributed by atoms with E-state index in [9.17, 15) is 0 Å². The molecular formula is C12H16N4O. The van der Waals surface area contributed by atoms with E-state index in [2.05, 4.69) is 10.4 Å². The molecule has 90 valence electrons. The van der Waals surface area contributed by atoms with Crippen molar-refractivity contribution in [2.45, 2.75) is 6.54 Å². The van der Waals surface area contributed by atoms with E-state index >= 15 is 0 Å². The van der Waals surface area contributed by atoms with Gasteiger partial charge >= 0.3 is 0 Å². The molecule has 4 N–H and O–H groups in total. The second-order valence-corrected chi connectivity index (χ2v) is 3.74. The van der Waals surface area contributed by atoms with Crippen LogP contribution in [-0.2, 0) is 6.54 Å². The summed E-state index contributed by atoms with van der Waals surface area (Å²) < 4.78 is 1.79. The van der Waals surface area contributed by atoms with Crippen LogP contribution in [0.4, 0.5) is 11.5 Å². The first-order valence-corrected chi connectivity index (χ1v) is 5.51. The number of aliphatic hydroxyl groups is 1. The molecule has 0 saturated carbocycles. The lowest BCUT2D eigenvalue weighted by molar-refractivity contribution is 0.310. The highest BCUT2D eigenvalue weighted by Gasteiger charge is 2.07. The molecule has 0 aliphatic rings. The van der Waals surface area contributed by atoms with Crippen molar-refractivity contribution in [3.63, 3.8) is 0 Å². The van der Waals surface area contributed by atoms with Crippen molar-refractivity contribution in [1.82, 2.24) is 9.78 Å². The zero-order chi connectivity index (χ0) is 12.1. The van der Waals surface area contributed by atoms with Crippen molar-refractivity contribution in [3.05, 3.63) is 42.1 Å². The quantitative estimate of drug-likeness (QED) is 0.716. The van der Waals surface area contributed by atoms with E-state index in [-0.39, 0.29) is 6.61 Å². The van der Waals surface area contributed by atoms with Gasteiger partial charge in [-0.3, -0.25) is 0 Å². The van der Waals surface area contributed by atoms with E-state index in [4.69, 9.17) is 10.8 Å². The molecular weight excluding hydrogens is 216 g/mol. The molecule has 0 atom stereocenters. The molecule has 0 fully saturated rings. The maximum atomic E-state index is 8.80. The summed E-state index contributed by atoms with van der Waals surface area (Å²) in [5, 5.41) is 16.1. The lowest BCUT2D eigenvalue weighted by Gasteiger charge is -2.09. The molecule has 0 unspecified atom stereocenters. The minimum atomic E-state index is 0.0654. The van der Waals surface area contributed by atoms with Gasteiger partial charge in [0.25, 0.3) is 0 Å². The maximum absolute atomic E-state index is 8.80. The number of anilines is 2. The van der Waals surface area contributed by atoms with Crippen molar-refractivity contribution < 1.29 is 5.11 Å². The Labute approximate surface area is 99.9 Å². The summed E-state index contributed by atoms with van der Waals surface area (Å²) in [6.07, 6.45) is 1.61. The molecule has 2 rings (SSSR count). The van der Waals surface area contributed by atoms with Gasteiger partial charge in [0, 0.05) is 6.54 Å². The fourth-order valence-electron chi connectivity index (χ4n) is 1.64. The molecule has 2 aromatic rings. The van der Waals surface area contributed by atoms with Gasteiger partial charge in [-0.1, -0.05) is 30.3 Å². The third kappa shape index (κ3) is 2.76. The number of nitrogens with one attached hydrogen (secondary N) is 1. The SMILES string of the molecule is Nc1cnn(Cc2ccccc2)c1NCCO. The van der Waals surface area contributed by atoms with Crippen molar-refractivity contribution in [1.29, 1.82) is 0 Å². The summed E-state index contributed by atoms with van der Waals surface area (Å²) in [6, 6.07) is 10.0. The fourth-order valence-corrected chi connectivity index (χ4v) is 1.64. The molecule has 0 bridgehead atoms. The van der Waals surface area contributed by atoms with Gasteiger partial charge in [-0.15, -0.1) is 0 Å². The van der Waals surface area contributed by atoms with Gasteiger partial charge in [0.2, 0.25) is 0 Å². The Balaban J connectivity index is 2.15. The van der Waals surface area contributed by atoms with Crippen LogP contribution in [0.15, 0.2) is 36.5 Å². The Kier molecular flexibility index (Phi) is 3.62. The predicted molar refractivity (Wildman–Crippen MR) is 67.8 cm³/mol. The van der Waals surface area contributed by atoms with Crippen LogP contribution >= 0.6 is 0 Å². The Morgan fingerprint density at radius 2 is 2.06 bits per heavy atom. The maximum Gasteiger partial charge on any atom is 0.148 e. The highest BCUT2D eigenvalue weighted by atomic mass is 16.3. The van der Waals surface area contributed by atoms with Crippen LogP contribution in [0.1, 0.15) is 5.56 Å². The third-order valence-corrected chi connectivity index (χ3v) is 2.45. The minimum absolute atomic E-state index is 0.0654. The van der Waals surface area contributed by atoms with Crippen molar-refractivity contribution >= 4 is 11.5 Å². The highest BCUT2D eigenvalue weighted by Crippen LogP contribution is 2.18. The van der Waals surface area contributed by atoms with Crippen LogP contribution in [0.25, 0.3) is 0 Å². The molecule has 0 saturated heterocycles. The Morgan fingerprint density at radius 1 is 1.29 bits per heavy atom. The topological polar surface area (TPSA) is 76.1 Å². The normalized spacial score (nSPS) is 10.4. The van der Waals surface area contributed by atoms with E-state index in [1.54, 1.807) is 10.9 Å². The van der Waals surface area contributed by atoms with Crippen LogP contribution in [0.2, 0.25) is 0 Å². The summed E-state index contributed by atoms with van der Waals surface area (Å²) in [7, 11) is 0. The highest BCUT2D eigenvalue weighted by molar-refractivity contribution is 5.60. The van der Waals surface area contributed by atoms with Crippen molar-refractivity contribution in [2.24, 2.45) is 0 Å². The monoisotopic (exact) mass is 232 g/mol. The molecule has 0 radical (unpaired) electrons. The molecule has 0 aliphatic heterocycles. The summed E-state index contributed by atoms with van der Waals surface area (Å²) in [5.74, 6) is 0.753. The standard InChI is InChI=1S/C12H16N4O/c13-11-8-15-16(12(11)14-6-7-17)9-10-4-2-1-3-5-10/h1-5,8,14,17H,6-7,9,13H2. The van der Waals surface area contributed by atoms with E-state index in [0.717, 1.165) is 11.4 Å². The van der Waals surface area contributed by atoms with E-state index in [0.29, 0.717) is 18.8 Å². The number of rotatable bonds is 5. The second-order valence-electron chi connectivity index (χ2n) is 3.74. The first-order chi connectivity index (χ1) is 8.31. The van der Waals surface area contributed by atoms with Gasteiger partial charge in [-0.2, -0.15) is 5.10 Å². The van der Waals surface area contributed by atoms with Gasteiger partial charge in [-0.05, 0) is 5.56 Å². The number of aliphatic hydroxyl groups excluding tert-OH is 1. The summed E-state index contributed by atoms with van der Waals surface area (Å²) in [4.78, 5) is 0. The van der Waals surface area contributed by atoms with Crippen LogP contribution in [0.3, 0.4) is 0 Å². The van der Waals surface area contributed by atoms with Crippen LogP contribution in [-0.4, -0.2) is 28.0 Å². The van der Waals surface area contributed by atoms with Gasteiger partial charge in [0.1, 0.15) is 5.82 Å². The van der Waals surface area contributed by atoms with Gasteiger partial charge in [0.05, 0.1) is 25.0 Å². The van der Waals surface area contributed by atoms with E-state index in [1.807, 2.05) is 30.3 Å². The molecule has 0 spiro atoms. The first-order valence-electron chi connectivity index (χ1n) is 5.51. The molecule has 0 aliphatic carbocycles. The molecule has 1 heterocycles. The average molecular weight is 232 g/mol. The lowest BCUT2D eigenvalue weighted by Crippen LogP contribution is -2.13.